The number of benzene rings is 2. The highest BCUT2D eigenvalue weighted by Gasteiger charge is 2.47. The second-order valence-corrected chi connectivity index (χ2v) is 9.16. The summed E-state index contributed by atoms with van der Waals surface area (Å²) in [5, 5.41) is 13.9. The topological polar surface area (TPSA) is 54.9 Å². The van der Waals surface area contributed by atoms with Gasteiger partial charge in [0.1, 0.15) is 0 Å². The minimum atomic E-state index is -0.552. The van der Waals surface area contributed by atoms with E-state index in [1.54, 1.807) is 0 Å². The van der Waals surface area contributed by atoms with Crippen molar-refractivity contribution in [3.8, 4) is 11.1 Å². The average Bonchev–Trinajstić information content (AvgIpc) is 3.16. The first-order valence-electron chi connectivity index (χ1n) is 10.0. The largest absolute Gasteiger partial charge is 0.373 e. The summed E-state index contributed by atoms with van der Waals surface area (Å²) in [5.41, 5.74) is 6.45. The Balaban J connectivity index is 1.84. The number of hydrogen-bond donors (Lipinski definition) is 1. The van der Waals surface area contributed by atoms with Crippen LogP contribution in [0, 0.1) is 0 Å². The minimum absolute atomic E-state index is 0.236. The van der Waals surface area contributed by atoms with Crippen LogP contribution in [0.15, 0.2) is 36.7 Å². The normalized spacial score (nSPS) is 19.2. The summed E-state index contributed by atoms with van der Waals surface area (Å²) >= 11 is 0. The predicted molar refractivity (Wildman–Crippen MR) is 113 cm³/mol. The Labute approximate surface area is 165 Å². The van der Waals surface area contributed by atoms with Gasteiger partial charge >= 0.3 is 0 Å². The van der Waals surface area contributed by atoms with Crippen molar-refractivity contribution in [3.63, 3.8) is 0 Å². The van der Waals surface area contributed by atoms with Crippen LogP contribution >= 0.6 is 0 Å². The van der Waals surface area contributed by atoms with Gasteiger partial charge in [0.25, 0.3) is 0 Å². The molecule has 0 radical (unpaired) electrons. The van der Waals surface area contributed by atoms with E-state index in [0.717, 1.165) is 35.6 Å². The molecule has 2 heterocycles. The minimum Gasteiger partial charge on any atom is -0.373 e. The highest BCUT2D eigenvalue weighted by molar-refractivity contribution is 6.05. The zero-order chi connectivity index (χ0) is 19.7. The van der Waals surface area contributed by atoms with Crippen LogP contribution in [0.25, 0.3) is 21.9 Å². The van der Waals surface area contributed by atoms with Crippen molar-refractivity contribution in [3.05, 3.63) is 53.3 Å². The number of rotatable bonds is 1. The van der Waals surface area contributed by atoms with Crippen molar-refractivity contribution in [2.24, 2.45) is 0 Å². The third kappa shape index (κ3) is 2.27. The van der Waals surface area contributed by atoms with Crippen LogP contribution in [-0.4, -0.2) is 21.5 Å². The molecule has 0 fully saturated rings. The van der Waals surface area contributed by atoms with Crippen LogP contribution in [0.4, 0.5) is 5.69 Å². The van der Waals surface area contributed by atoms with Crippen LogP contribution in [0.5, 0.6) is 0 Å². The van der Waals surface area contributed by atoms with Crippen LogP contribution < -0.4 is 5.32 Å². The van der Waals surface area contributed by atoms with E-state index in [1.165, 1.54) is 27.9 Å². The summed E-state index contributed by atoms with van der Waals surface area (Å²) in [7, 11) is 0. The lowest BCUT2D eigenvalue weighted by molar-refractivity contribution is -0.127. The highest BCUT2D eigenvalue weighted by Crippen LogP contribution is 2.48. The van der Waals surface area contributed by atoms with Gasteiger partial charge in [-0.3, -0.25) is 4.79 Å². The van der Waals surface area contributed by atoms with E-state index in [9.17, 15) is 4.79 Å². The zero-order valence-corrected chi connectivity index (χ0v) is 16.9. The second kappa shape index (κ2) is 5.63. The predicted octanol–water partition coefficient (Wildman–Crippen LogP) is 4.84. The molecule has 142 valence electrons. The molecule has 0 atom stereocenters. The Morgan fingerprint density at radius 3 is 2.54 bits per heavy atom. The quantitative estimate of drug-likeness (QED) is 0.665. The van der Waals surface area contributed by atoms with Crippen molar-refractivity contribution >= 4 is 22.2 Å². The van der Waals surface area contributed by atoms with Gasteiger partial charge in [-0.25, -0.2) is 0 Å². The van der Waals surface area contributed by atoms with Crippen molar-refractivity contribution < 1.29 is 4.79 Å². The molecule has 5 rings (SSSR count). The van der Waals surface area contributed by atoms with Gasteiger partial charge in [0.05, 0.1) is 23.3 Å². The molecule has 0 amide bonds. The molecule has 4 nitrogen and oxygen atoms in total. The van der Waals surface area contributed by atoms with Gasteiger partial charge in [-0.05, 0) is 80.8 Å². The van der Waals surface area contributed by atoms with E-state index in [2.05, 4.69) is 53.6 Å². The van der Waals surface area contributed by atoms with Crippen LogP contribution in [0.1, 0.15) is 50.8 Å². The van der Waals surface area contributed by atoms with E-state index in [0.29, 0.717) is 0 Å². The molecule has 0 unspecified atom stereocenters. The second-order valence-electron chi connectivity index (χ2n) is 9.16. The highest BCUT2D eigenvalue weighted by atomic mass is 16.1. The monoisotopic (exact) mass is 371 g/mol. The summed E-state index contributed by atoms with van der Waals surface area (Å²) in [4.78, 5) is 13.2. The molecule has 1 aliphatic heterocycles. The smallest absolute Gasteiger partial charge is 0.167 e. The Kier molecular flexibility index (Phi) is 3.49. The maximum Gasteiger partial charge on any atom is 0.167 e. The molecule has 2 aromatic carbocycles. The molecule has 0 saturated carbocycles. The molecule has 0 saturated heterocycles. The van der Waals surface area contributed by atoms with Crippen LogP contribution in [0.3, 0.4) is 0 Å². The molecule has 1 aromatic heterocycles. The number of carbonyl (C=O) groups excluding carboxylic acids is 1. The van der Waals surface area contributed by atoms with Crippen molar-refractivity contribution in [1.29, 1.82) is 0 Å². The number of hydrogen-bond acceptors (Lipinski definition) is 4. The number of aromatic nitrogens is 2. The number of fused-ring (bicyclic) bond motifs is 4. The first-order valence-corrected chi connectivity index (χ1v) is 10.0. The fraction of sp³-hybridized carbons (Fsp3) is 0.375. The van der Waals surface area contributed by atoms with Crippen molar-refractivity contribution in [2.75, 3.05) is 5.32 Å². The summed E-state index contributed by atoms with van der Waals surface area (Å²) in [6.45, 7) is 8.13. The molecular formula is C24H25N3O. The van der Waals surface area contributed by atoms with E-state index in [4.69, 9.17) is 0 Å². The number of nitrogens with zero attached hydrogens (tertiary/aromatic N) is 2. The van der Waals surface area contributed by atoms with Gasteiger partial charge in [0, 0.05) is 16.5 Å². The third-order valence-electron chi connectivity index (χ3n) is 6.53. The van der Waals surface area contributed by atoms with E-state index < -0.39 is 11.0 Å². The fourth-order valence-electron chi connectivity index (χ4n) is 5.19. The van der Waals surface area contributed by atoms with Gasteiger partial charge in [-0.2, -0.15) is 10.2 Å². The molecule has 1 aliphatic carbocycles. The number of anilines is 1. The van der Waals surface area contributed by atoms with Gasteiger partial charge in [0.2, 0.25) is 0 Å². The molecule has 1 N–H and O–H groups in total. The molecule has 3 aromatic rings. The Bertz CT molecular complexity index is 1140. The maximum atomic E-state index is 13.2. The lowest BCUT2D eigenvalue weighted by Crippen LogP contribution is -2.53. The lowest BCUT2D eigenvalue weighted by Gasteiger charge is -2.43. The van der Waals surface area contributed by atoms with Gasteiger partial charge in [-0.15, -0.1) is 0 Å². The summed E-state index contributed by atoms with van der Waals surface area (Å²) < 4.78 is 0. The van der Waals surface area contributed by atoms with E-state index >= 15 is 0 Å². The number of carbonyl (C=O) groups is 1. The van der Waals surface area contributed by atoms with Crippen LogP contribution in [0.2, 0.25) is 0 Å². The lowest BCUT2D eigenvalue weighted by atomic mass is 9.68. The van der Waals surface area contributed by atoms with E-state index in [-0.39, 0.29) is 5.78 Å². The standard InChI is InChI=1S/C24H25N3O/c1-23(2)20-11-18(16-8-5-7-14-12-25-26-13-19(14)16)15-9-6-10-17(15)21(20)27-24(3,4)22(23)28/h5,7-8,11-13,27H,6,9-10H2,1-4H3. The summed E-state index contributed by atoms with van der Waals surface area (Å²) in [5.74, 6) is 0.236. The number of Topliss-reactive ketones (excluding diaryl/α,β-unsaturated/α-hetero) is 1. The van der Waals surface area contributed by atoms with Gasteiger partial charge in [-0.1, -0.05) is 18.2 Å². The number of ketones is 1. The molecule has 0 spiro atoms. The molecule has 0 bridgehead atoms. The van der Waals surface area contributed by atoms with Gasteiger partial charge in [0.15, 0.2) is 5.78 Å². The molecule has 28 heavy (non-hydrogen) atoms. The molecular weight excluding hydrogens is 346 g/mol. The third-order valence-corrected chi connectivity index (χ3v) is 6.53. The first-order chi connectivity index (χ1) is 13.3. The van der Waals surface area contributed by atoms with Gasteiger partial charge < -0.3 is 5.32 Å². The average molecular weight is 371 g/mol. The molecule has 2 aliphatic rings. The molecule has 4 heteroatoms. The Hall–Kier alpha value is -2.75. The van der Waals surface area contributed by atoms with Crippen molar-refractivity contribution in [2.45, 2.75) is 57.9 Å². The zero-order valence-electron chi connectivity index (χ0n) is 16.9. The van der Waals surface area contributed by atoms with Crippen molar-refractivity contribution in [1.82, 2.24) is 10.2 Å². The maximum absolute atomic E-state index is 13.2. The first kappa shape index (κ1) is 17.4. The summed E-state index contributed by atoms with van der Waals surface area (Å²) in [6.07, 6.45) is 6.95. The number of nitrogens with one attached hydrogen (secondary N) is 1. The Morgan fingerprint density at radius 2 is 1.71 bits per heavy atom. The fourth-order valence-corrected chi connectivity index (χ4v) is 5.19. The Morgan fingerprint density at radius 1 is 0.964 bits per heavy atom. The SMILES string of the molecule is CC1(C)Nc2c(cc(-c3cccc4cnncc34)c3c2CCC3)C(C)(C)C1=O. The van der Waals surface area contributed by atoms with E-state index in [1.807, 2.05) is 26.2 Å². The summed E-state index contributed by atoms with van der Waals surface area (Å²) in [6, 6.07) is 8.58. The van der Waals surface area contributed by atoms with Crippen LogP contribution in [-0.2, 0) is 23.1 Å².